The average Bonchev–Trinajstić information content (AvgIpc) is 3.29. The van der Waals surface area contributed by atoms with Crippen LogP contribution in [0.2, 0.25) is 0 Å². The Morgan fingerprint density at radius 1 is 0.967 bits per heavy atom. The minimum absolute atomic E-state index is 0.0718. The van der Waals surface area contributed by atoms with Crippen molar-refractivity contribution in [1.29, 1.82) is 0 Å². The van der Waals surface area contributed by atoms with Gasteiger partial charge in [-0.15, -0.1) is 0 Å². The van der Waals surface area contributed by atoms with Crippen LogP contribution in [-0.2, 0) is 0 Å². The van der Waals surface area contributed by atoms with Crippen LogP contribution in [0.4, 0.5) is 17.2 Å². The summed E-state index contributed by atoms with van der Waals surface area (Å²) in [5, 5.41) is 14.1. The Morgan fingerprint density at radius 3 is 2.43 bits per heavy atom. The van der Waals surface area contributed by atoms with Crippen LogP contribution in [0.25, 0.3) is 10.9 Å². The van der Waals surface area contributed by atoms with Crippen molar-refractivity contribution in [3.8, 4) is 0 Å². The lowest BCUT2D eigenvalue weighted by atomic mass is 10.1. The maximum atomic E-state index is 12.6. The molecule has 0 unspecified atom stereocenters. The van der Waals surface area contributed by atoms with Crippen LogP contribution in [0.15, 0.2) is 53.5 Å². The highest BCUT2D eigenvalue weighted by molar-refractivity contribution is 5.81. The van der Waals surface area contributed by atoms with E-state index in [-0.39, 0.29) is 11.7 Å². The van der Waals surface area contributed by atoms with Gasteiger partial charge in [0, 0.05) is 54.2 Å². The molecular formula is C24H28N4O2. The van der Waals surface area contributed by atoms with Crippen LogP contribution in [0, 0.1) is 0 Å². The van der Waals surface area contributed by atoms with Crippen molar-refractivity contribution < 1.29 is 5.11 Å². The summed E-state index contributed by atoms with van der Waals surface area (Å²) in [5.41, 5.74) is 3.17. The zero-order valence-electron chi connectivity index (χ0n) is 17.1. The van der Waals surface area contributed by atoms with Crippen molar-refractivity contribution in [3.63, 3.8) is 0 Å². The lowest BCUT2D eigenvalue weighted by Gasteiger charge is -2.31. The van der Waals surface area contributed by atoms with Crippen molar-refractivity contribution in [2.24, 2.45) is 0 Å². The minimum Gasteiger partial charge on any atom is -0.393 e. The predicted octanol–water partition coefficient (Wildman–Crippen LogP) is 4.22. The number of aromatic nitrogens is 2. The molecule has 1 aromatic carbocycles. The molecule has 6 heteroatoms. The molecule has 2 fully saturated rings. The quantitative estimate of drug-likeness (QED) is 0.681. The van der Waals surface area contributed by atoms with Gasteiger partial charge in [-0.2, -0.15) is 0 Å². The molecule has 3 heterocycles. The van der Waals surface area contributed by atoms with E-state index in [0.29, 0.717) is 6.04 Å². The smallest absolute Gasteiger partial charge is 0.251 e. The van der Waals surface area contributed by atoms with Gasteiger partial charge in [0.25, 0.3) is 5.56 Å². The van der Waals surface area contributed by atoms with E-state index in [2.05, 4.69) is 39.5 Å². The first kappa shape index (κ1) is 19.1. The fourth-order valence-corrected chi connectivity index (χ4v) is 4.79. The number of rotatable bonds is 4. The van der Waals surface area contributed by atoms with Crippen LogP contribution >= 0.6 is 0 Å². The minimum atomic E-state index is -0.164. The number of benzene rings is 1. The van der Waals surface area contributed by atoms with Crippen LogP contribution in [0.1, 0.15) is 44.6 Å². The molecule has 0 radical (unpaired) electrons. The Bertz CT molecular complexity index is 1080. The van der Waals surface area contributed by atoms with E-state index in [1.54, 1.807) is 6.07 Å². The number of hydrogen-bond acceptors (Lipinski definition) is 5. The summed E-state index contributed by atoms with van der Waals surface area (Å²) in [5.74, 6) is 0.744. The number of piperidine rings is 1. The van der Waals surface area contributed by atoms with Crippen LogP contribution in [0.3, 0.4) is 0 Å². The standard InChI is InChI=1S/C24H28N4O2/c29-21-11-13-27(14-12-21)19-8-6-18(7-9-19)26-23-15-22-17(16-25-23)5-10-24(30)28(22)20-3-1-2-4-20/h5-10,15-16,20-21,29H,1-4,11-14H2,(H,25,26). The van der Waals surface area contributed by atoms with Gasteiger partial charge in [-0.1, -0.05) is 12.8 Å². The molecule has 6 nitrogen and oxygen atoms in total. The van der Waals surface area contributed by atoms with Crippen LogP contribution in [0.5, 0.6) is 0 Å². The van der Waals surface area contributed by atoms with Gasteiger partial charge in [-0.25, -0.2) is 4.98 Å². The number of hydrogen-bond donors (Lipinski definition) is 2. The van der Waals surface area contributed by atoms with Gasteiger partial charge in [0.05, 0.1) is 11.6 Å². The summed E-state index contributed by atoms with van der Waals surface area (Å²) < 4.78 is 1.96. The molecule has 156 valence electrons. The highest BCUT2D eigenvalue weighted by atomic mass is 16.3. The van der Waals surface area contributed by atoms with E-state index in [9.17, 15) is 9.90 Å². The van der Waals surface area contributed by atoms with Crippen LogP contribution < -0.4 is 15.8 Å². The summed E-state index contributed by atoms with van der Waals surface area (Å²) in [6, 6.07) is 14.1. The lowest BCUT2D eigenvalue weighted by molar-refractivity contribution is 0.145. The second kappa shape index (κ2) is 8.11. The largest absolute Gasteiger partial charge is 0.393 e. The van der Waals surface area contributed by atoms with Crippen molar-refractivity contribution in [1.82, 2.24) is 9.55 Å². The molecule has 1 aliphatic carbocycles. The maximum absolute atomic E-state index is 12.6. The molecule has 1 saturated heterocycles. The summed E-state index contributed by atoms with van der Waals surface area (Å²) in [4.78, 5) is 19.5. The number of aliphatic hydroxyl groups excluding tert-OH is 1. The van der Waals surface area contributed by atoms with Crippen molar-refractivity contribution in [3.05, 3.63) is 59.0 Å². The Balaban J connectivity index is 1.39. The van der Waals surface area contributed by atoms with E-state index < -0.39 is 0 Å². The zero-order valence-corrected chi connectivity index (χ0v) is 17.1. The number of aliphatic hydroxyl groups is 1. The van der Waals surface area contributed by atoms with E-state index in [1.165, 1.54) is 18.5 Å². The molecule has 30 heavy (non-hydrogen) atoms. The van der Waals surface area contributed by atoms with Crippen molar-refractivity contribution in [2.45, 2.75) is 50.7 Å². The third-order valence-corrected chi connectivity index (χ3v) is 6.47. The van der Waals surface area contributed by atoms with Gasteiger partial charge >= 0.3 is 0 Å². The first-order valence-electron chi connectivity index (χ1n) is 11.0. The number of anilines is 3. The molecule has 1 saturated carbocycles. The molecule has 0 bridgehead atoms. The Labute approximate surface area is 176 Å². The van der Waals surface area contributed by atoms with Gasteiger partial charge in [-0.3, -0.25) is 4.79 Å². The first-order valence-corrected chi connectivity index (χ1v) is 11.0. The molecule has 0 amide bonds. The maximum Gasteiger partial charge on any atom is 0.251 e. The molecule has 3 aromatic rings. The number of nitrogens with zero attached hydrogens (tertiary/aromatic N) is 3. The zero-order chi connectivity index (χ0) is 20.5. The topological polar surface area (TPSA) is 70.4 Å². The third kappa shape index (κ3) is 3.79. The summed E-state index contributed by atoms with van der Waals surface area (Å²) in [7, 11) is 0. The molecule has 2 aromatic heterocycles. The molecule has 2 aliphatic rings. The Hall–Kier alpha value is -2.86. The van der Waals surface area contributed by atoms with Gasteiger partial charge in [0.2, 0.25) is 0 Å². The highest BCUT2D eigenvalue weighted by Crippen LogP contribution is 2.31. The summed E-state index contributed by atoms with van der Waals surface area (Å²) in [6.07, 6.45) is 7.84. The van der Waals surface area contributed by atoms with E-state index >= 15 is 0 Å². The predicted molar refractivity (Wildman–Crippen MR) is 121 cm³/mol. The Morgan fingerprint density at radius 2 is 1.70 bits per heavy atom. The molecular weight excluding hydrogens is 376 g/mol. The fourth-order valence-electron chi connectivity index (χ4n) is 4.79. The van der Waals surface area contributed by atoms with E-state index in [1.807, 2.05) is 22.9 Å². The number of nitrogens with one attached hydrogen (secondary N) is 1. The molecule has 1 aliphatic heterocycles. The summed E-state index contributed by atoms with van der Waals surface area (Å²) in [6.45, 7) is 1.78. The lowest BCUT2D eigenvalue weighted by Crippen LogP contribution is -2.35. The van der Waals surface area contributed by atoms with Gasteiger partial charge < -0.3 is 19.9 Å². The summed E-state index contributed by atoms with van der Waals surface area (Å²) >= 11 is 0. The average molecular weight is 405 g/mol. The molecule has 0 spiro atoms. The fraction of sp³-hybridized carbons (Fsp3) is 0.417. The van der Waals surface area contributed by atoms with Gasteiger partial charge in [-0.05, 0) is 56.0 Å². The van der Waals surface area contributed by atoms with Crippen molar-refractivity contribution in [2.75, 3.05) is 23.3 Å². The second-order valence-electron chi connectivity index (χ2n) is 8.50. The van der Waals surface area contributed by atoms with Crippen molar-refractivity contribution >= 4 is 28.1 Å². The normalized spacial score (nSPS) is 18.2. The van der Waals surface area contributed by atoms with Gasteiger partial charge in [0.1, 0.15) is 5.82 Å². The molecule has 2 N–H and O–H groups in total. The van der Waals surface area contributed by atoms with E-state index in [0.717, 1.165) is 61.2 Å². The third-order valence-electron chi connectivity index (χ3n) is 6.47. The number of pyridine rings is 2. The molecule has 0 atom stereocenters. The SMILES string of the molecule is O=c1ccc2cnc(Nc3ccc(N4CCC(O)CC4)cc3)cc2n1C1CCCC1. The second-order valence-corrected chi connectivity index (χ2v) is 8.50. The first-order chi connectivity index (χ1) is 14.7. The number of fused-ring (bicyclic) bond motifs is 1. The van der Waals surface area contributed by atoms with Crippen LogP contribution in [-0.4, -0.2) is 33.9 Å². The molecule has 5 rings (SSSR count). The monoisotopic (exact) mass is 404 g/mol. The van der Waals surface area contributed by atoms with Gasteiger partial charge in [0.15, 0.2) is 0 Å². The van der Waals surface area contributed by atoms with E-state index in [4.69, 9.17) is 0 Å². The highest BCUT2D eigenvalue weighted by Gasteiger charge is 2.20. The Kier molecular flexibility index (Phi) is 5.17.